The lowest BCUT2D eigenvalue weighted by Gasteiger charge is -2.28. The summed E-state index contributed by atoms with van der Waals surface area (Å²) in [5.41, 5.74) is 2.79. The van der Waals surface area contributed by atoms with Crippen molar-refractivity contribution in [3.63, 3.8) is 0 Å². The average Bonchev–Trinajstić information content (AvgIpc) is 2.11. The van der Waals surface area contributed by atoms with Gasteiger partial charge in [-0.3, -0.25) is 0 Å². The van der Waals surface area contributed by atoms with Gasteiger partial charge in [0, 0.05) is 5.69 Å². The SMILES string of the molecule is CC(C)(C)c1cccc(NC2COC2)c1. The molecule has 1 saturated heterocycles. The minimum atomic E-state index is 0.216. The van der Waals surface area contributed by atoms with Crippen LogP contribution in [0.2, 0.25) is 0 Å². The predicted octanol–water partition coefficient (Wildman–Crippen LogP) is 2.79. The Labute approximate surface area is 91.6 Å². The molecule has 2 heteroatoms. The Kier molecular flexibility index (Phi) is 2.70. The molecule has 1 heterocycles. The molecule has 0 aromatic heterocycles. The van der Waals surface area contributed by atoms with E-state index in [2.05, 4.69) is 50.4 Å². The fourth-order valence-electron chi connectivity index (χ4n) is 1.63. The van der Waals surface area contributed by atoms with Gasteiger partial charge in [-0.25, -0.2) is 0 Å². The van der Waals surface area contributed by atoms with Crippen LogP contribution in [-0.2, 0) is 10.2 Å². The van der Waals surface area contributed by atoms with Gasteiger partial charge in [-0.15, -0.1) is 0 Å². The summed E-state index contributed by atoms with van der Waals surface area (Å²) in [7, 11) is 0. The third-order valence-electron chi connectivity index (χ3n) is 2.74. The van der Waals surface area contributed by atoms with Gasteiger partial charge in [-0.1, -0.05) is 32.9 Å². The van der Waals surface area contributed by atoms with Crippen molar-refractivity contribution in [1.29, 1.82) is 0 Å². The fourth-order valence-corrected chi connectivity index (χ4v) is 1.63. The van der Waals surface area contributed by atoms with Crippen molar-refractivity contribution in [2.45, 2.75) is 32.2 Å². The Balaban J connectivity index is 2.11. The number of hydrogen-bond acceptors (Lipinski definition) is 2. The van der Waals surface area contributed by atoms with Gasteiger partial charge in [0.2, 0.25) is 0 Å². The van der Waals surface area contributed by atoms with Crippen LogP contribution in [-0.4, -0.2) is 19.3 Å². The number of hydrogen-bond donors (Lipinski definition) is 1. The minimum absolute atomic E-state index is 0.216. The molecule has 0 saturated carbocycles. The van der Waals surface area contributed by atoms with E-state index in [0.29, 0.717) is 6.04 Å². The van der Waals surface area contributed by atoms with Crippen molar-refractivity contribution in [3.8, 4) is 0 Å². The summed E-state index contributed by atoms with van der Waals surface area (Å²) in [6.45, 7) is 8.37. The largest absolute Gasteiger partial charge is 0.378 e. The van der Waals surface area contributed by atoms with E-state index in [4.69, 9.17) is 4.74 Å². The number of rotatable bonds is 2. The molecule has 0 atom stereocenters. The highest BCUT2D eigenvalue weighted by atomic mass is 16.5. The van der Waals surface area contributed by atoms with Crippen LogP contribution in [0.5, 0.6) is 0 Å². The molecule has 1 N–H and O–H groups in total. The van der Waals surface area contributed by atoms with E-state index in [0.717, 1.165) is 13.2 Å². The summed E-state index contributed by atoms with van der Waals surface area (Å²) in [5.74, 6) is 0. The van der Waals surface area contributed by atoms with Gasteiger partial charge >= 0.3 is 0 Å². The highest BCUT2D eigenvalue weighted by molar-refractivity contribution is 5.48. The topological polar surface area (TPSA) is 21.3 Å². The minimum Gasteiger partial charge on any atom is -0.378 e. The normalized spacial score (nSPS) is 17.3. The average molecular weight is 205 g/mol. The van der Waals surface area contributed by atoms with E-state index in [9.17, 15) is 0 Å². The molecule has 1 fully saturated rings. The van der Waals surface area contributed by atoms with Gasteiger partial charge in [0.1, 0.15) is 0 Å². The second-order valence-electron chi connectivity index (χ2n) is 5.21. The Bertz CT molecular complexity index is 337. The highest BCUT2D eigenvalue weighted by Gasteiger charge is 2.19. The molecule has 82 valence electrons. The van der Waals surface area contributed by atoms with Crippen molar-refractivity contribution in [1.82, 2.24) is 0 Å². The first-order chi connectivity index (χ1) is 7.05. The molecule has 2 nitrogen and oxygen atoms in total. The Morgan fingerprint density at radius 3 is 2.53 bits per heavy atom. The highest BCUT2D eigenvalue weighted by Crippen LogP contribution is 2.25. The van der Waals surface area contributed by atoms with Crippen LogP contribution in [0, 0.1) is 0 Å². The Morgan fingerprint density at radius 2 is 2.00 bits per heavy atom. The van der Waals surface area contributed by atoms with Crippen LogP contribution in [0.1, 0.15) is 26.3 Å². The summed E-state index contributed by atoms with van der Waals surface area (Å²) in [6, 6.07) is 9.15. The van der Waals surface area contributed by atoms with Crippen LogP contribution in [0.4, 0.5) is 5.69 Å². The standard InChI is InChI=1S/C13H19NO/c1-13(2,3)10-5-4-6-11(7-10)14-12-8-15-9-12/h4-7,12,14H,8-9H2,1-3H3. The zero-order chi connectivity index (χ0) is 10.9. The molecule has 0 spiro atoms. The first kappa shape index (κ1) is 10.5. The molecule has 0 bridgehead atoms. The molecule has 2 rings (SSSR count). The summed E-state index contributed by atoms with van der Waals surface area (Å²) in [4.78, 5) is 0. The van der Waals surface area contributed by atoms with Crippen molar-refractivity contribution in [2.75, 3.05) is 18.5 Å². The lowest BCUT2D eigenvalue weighted by molar-refractivity contribution is 0.0211. The van der Waals surface area contributed by atoms with Gasteiger partial charge in [0.15, 0.2) is 0 Å². The predicted molar refractivity (Wildman–Crippen MR) is 63.4 cm³/mol. The van der Waals surface area contributed by atoms with Crippen molar-refractivity contribution >= 4 is 5.69 Å². The molecule has 0 aliphatic carbocycles. The third kappa shape index (κ3) is 2.51. The van der Waals surface area contributed by atoms with Crippen LogP contribution in [0.25, 0.3) is 0 Å². The smallest absolute Gasteiger partial charge is 0.0728 e. The maximum absolute atomic E-state index is 5.14. The fraction of sp³-hybridized carbons (Fsp3) is 0.538. The third-order valence-corrected chi connectivity index (χ3v) is 2.74. The molecule has 0 radical (unpaired) electrons. The van der Waals surface area contributed by atoms with E-state index in [-0.39, 0.29) is 5.41 Å². The first-order valence-corrected chi connectivity index (χ1v) is 5.50. The van der Waals surface area contributed by atoms with Crippen molar-refractivity contribution in [2.24, 2.45) is 0 Å². The number of nitrogens with one attached hydrogen (secondary N) is 1. The molecule has 1 aromatic rings. The van der Waals surface area contributed by atoms with Crippen LogP contribution < -0.4 is 5.32 Å². The maximum Gasteiger partial charge on any atom is 0.0728 e. The van der Waals surface area contributed by atoms with Gasteiger partial charge in [0.25, 0.3) is 0 Å². The molecule has 15 heavy (non-hydrogen) atoms. The Hall–Kier alpha value is -1.02. The first-order valence-electron chi connectivity index (χ1n) is 5.50. The number of ether oxygens (including phenoxy) is 1. The molecule has 1 aliphatic heterocycles. The zero-order valence-corrected chi connectivity index (χ0v) is 9.71. The quantitative estimate of drug-likeness (QED) is 0.801. The zero-order valence-electron chi connectivity index (χ0n) is 9.71. The second-order valence-corrected chi connectivity index (χ2v) is 5.21. The number of anilines is 1. The lowest BCUT2D eigenvalue weighted by atomic mass is 9.87. The van der Waals surface area contributed by atoms with E-state index < -0.39 is 0 Å². The van der Waals surface area contributed by atoms with Crippen molar-refractivity contribution in [3.05, 3.63) is 29.8 Å². The summed E-state index contributed by atoms with van der Waals surface area (Å²) >= 11 is 0. The van der Waals surface area contributed by atoms with Gasteiger partial charge in [-0.05, 0) is 23.1 Å². The summed E-state index contributed by atoms with van der Waals surface area (Å²) in [5, 5.41) is 3.47. The van der Waals surface area contributed by atoms with Gasteiger partial charge in [-0.2, -0.15) is 0 Å². The summed E-state index contributed by atoms with van der Waals surface area (Å²) < 4.78 is 5.14. The van der Waals surface area contributed by atoms with Crippen molar-refractivity contribution < 1.29 is 4.74 Å². The lowest BCUT2D eigenvalue weighted by Crippen LogP contribution is -2.40. The van der Waals surface area contributed by atoms with E-state index in [1.54, 1.807) is 0 Å². The molecular weight excluding hydrogens is 186 g/mol. The number of benzene rings is 1. The molecular formula is C13H19NO. The monoisotopic (exact) mass is 205 g/mol. The molecule has 1 aliphatic rings. The summed E-state index contributed by atoms with van der Waals surface area (Å²) in [6.07, 6.45) is 0. The van der Waals surface area contributed by atoms with E-state index in [1.807, 2.05) is 0 Å². The van der Waals surface area contributed by atoms with Crippen LogP contribution >= 0.6 is 0 Å². The van der Waals surface area contributed by atoms with Gasteiger partial charge in [0.05, 0.1) is 19.3 Å². The van der Waals surface area contributed by atoms with Crippen LogP contribution in [0.3, 0.4) is 0 Å². The molecule has 0 unspecified atom stereocenters. The molecule has 1 aromatic carbocycles. The van der Waals surface area contributed by atoms with E-state index in [1.165, 1.54) is 11.3 Å². The second kappa shape index (κ2) is 3.86. The van der Waals surface area contributed by atoms with Crippen LogP contribution in [0.15, 0.2) is 24.3 Å². The molecule has 0 amide bonds. The maximum atomic E-state index is 5.14. The van der Waals surface area contributed by atoms with Gasteiger partial charge < -0.3 is 10.1 Å². The Morgan fingerprint density at radius 1 is 1.27 bits per heavy atom. The van der Waals surface area contributed by atoms with E-state index >= 15 is 0 Å².